The smallest absolute Gasteiger partial charge is 0.338 e. The first-order chi connectivity index (χ1) is 9.79. The fourth-order valence-corrected chi connectivity index (χ4v) is 2.25. The highest BCUT2D eigenvalue weighted by molar-refractivity contribution is 7.90. The van der Waals surface area contributed by atoms with Gasteiger partial charge in [0, 0.05) is 18.1 Å². The number of hydrogen-bond acceptors (Lipinski definition) is 5. The fraction of sp³-hybridized carbons (Fsp3) is 0.0769. The molecule has 0 fully saturated rings. The van der Waals surface area contributed by atoms with E-state index in [1.807, 2.05) is 0 Å². The summed E-state index contributed by atoms with van der Waals surface area (Å²) in [7, 11) is -3.31. The van der Waals surface area contributed by atoms with Gasteiger partial charge >= 0.3 is 5.97 Å². The molecule has 0 unspecified atom stereocenters. The first-order valence-electron chi connectivity index (χ1n) is 5.74. The van der Waals surface area contributed by atoms with E-state index >= 15 is 0 Å². The maximum atomic E-state index is 13.9. The molecule has 0 saturated carbocycles. The van der Waals surface area contributed by atoms with E-state index in [1.54, 1.807) is 0 Å². The number of carboxylic acid groups (broad SMARTS) is 1. The van der Waals surface area contributed by atoms with Crippen LogP contribution in [-0.2, 0) is 9.84 Å². The number of hydrogen-bond donors (Lipinski definition) is 2. The number of pyridine rings is 1. The molecule has 6 nitrogen and oxygen atoms in total. The third-order valence-electron chi connectivity index (χ3n) is 2.66. The molecule has 0 aliphatic rings. The summed E-state index contributed by atoms with van der Waals surface area (Å²) in [6.45, 7) is 0. The summed E-state index contributed by atoms with van der Waals surface area (Å²) in [5, 5.41) is 11.4. The van der Waals surface area contributed by atoms with E-state index in [0.717, 1.165) is 12.3 Å². The highest BCUT2D eigenvalue weighted by atomic mass is 32.2. The number of nitrogens with zero attached hydrogens (tertiary/aromatic N) is 1. The Morgan fingerprint density at radius 1 is 1.24 bits per heavy atom. The molecule has 0 spiro atoms. The number of anilines is 2. The van der Waals surface area contributed by atoms with Crippen LogP contribution in [0, 0.1) is 5.82 Å². The van der Waals surface area contributed by atoms with Crippen LogP contribution < -0.4 is 5.32 Å². The lowest BCUT2D eigenvalue weighted by Gasteiger charge is -2.08. The zero-order chi connectivity index (χ0) is 15.6. The molecule has 0 aliphatic heterocycles. The van der Waals surface area contributed by atoms with Gasteiger partial charge in [-0.25, -0.2) is 22.6 Å². The Balaban J connectivity index is 2.31. The highest BCUT2D eigenvalue weighted by Gasteiger charge is 2.15. The van der Waals surface area contributed by atoms with Gasteiger partial charge in [0.25, 0.3) is 0 Å². The number of sulfone groups is 1. The lowest BCUT2D eigenvalue weighted by atomic mass is 10.2. The summed E-state index contributed by atoms with van der Waals surface area (Å²) < 4.78 is 36.5. The number of benzene rings is 1. The summed E-state index contributed by atoms with van der Waals surface area (Å²) in [4.78, 5) is 14.7. The highest BCUT2D eigenvalue weighted by Crippen LogP contribution is 2.21. The predicted octanol–water partition coefficient (Wildman–Crippen LogP) is 2.07. The molecule has 2 N–H and O–H groups in total. The molecule has 110 valence electrons. The van der Waals surface area contributed by atoms with Gasteiger partial charge in [0.2, 0.25) is 0 Å². The third kappa shape index (κ3) is 3.34. The first-order valence-corrected chi connectivity index (χ1v) is 7.63. The van der Waals surface area contributed by atoms with Gasteiger partial charge in [-0.15, -0.1) is 0 Å². The molecular weight excluding hydrogens is 299 g/mol. The summed E-state index contributed by atoms with van der Waals surface area (Å²) in [5.41, 5.74) is -0.114. The molecule has 1 aromatic heterocycles. The lowest BCUT2D eigenvalue weighted by Crippen LogP contribution is -2.05. The molecule has 0 amide bonds. The maximum Gasteiger partial charge on any atom is 0.338 e. The maximum absolute atomic E-state index is 13.9. The second-order valence-corrected chi connectivity index (χ2v) is 6.26. The van der Waals surface area contributed by atoms with E-state index in [-0.39, 0.29) is 10.7 Å². The minimum atomic E-state index is -3.31. The van der Waals surface area contributed by atoms with Crippen molar-refractivity contribution in [2.45, 2.75) is 4.90 Å². The van der Waals surface area contributed by atoms with Crippen LogP contribution in [0.1, 0.15) is 10.4 Å². The van der Waals surface area contributed by atoms with E-state index in [0.29, 0.717) is 5.69 Å². The summed E-state index contributed by atoms with van der Waals surface area (Å²) in [5.74, 6) is -2.63. The Hall–Kier alpha value is -2.48. The molecular formula is C13H11FN2O4S. The number of halogens is 1. The number of aromatic nitrogens is 1. The van der Waals surface area contributed by atoms with Crippen LogP contribution in [-0.4, -0.2) is 30.7 Å². The molecule has 8 heteroatoms. The molecule has 1 aromatic carbocycles. The Labute approximate surface area is 120 Å². The predicted molar refractivity (Wildman–Crippen MR) is 74.0 cm³/mol. The van der Waals surface area contributed by atoms with Crippen LogP contribution in [0.15, 0.2) is 41.4 Å². The average molecular weight is 310 g/mol. The molecule has 0 atom stereocenters. The molecule has 0 bridgehead atoms. The Kier molecular flexibility index (Phi) is 3.90. The largest absolute Gasteiger partial charge is 0.478 e. The molecule has 0 radical (unpaired) electrons. The van der Waals surface area contributed by atoms with Gasteiger partial charge in [-0.3, -0.25) is 0 Å². The quantitative estimate of drug-likeness (QED) is 0.897. The molecule has 2 aromatic rings. The zero-order valence-electron chi connectivity index (χ0n) is 10.9. The second-order valence-electron chi connectivity index (χ2n) is 4.25. The van der Waals surface area contributed by atoms with E-state index < -0.39 is 27.2 Å². The summed E-state index contributed by atoms with van der Waals surface area (Å²) in [6, 6.07) is 6.64. The molecule has 21 heavy (non-hydrogen) atoms. The van der Waals surface area contributed by atoms with Crippen molar-refractivity contribution in [3.8, 4) is 0 Å². The minimum Gasteiger partial charge on any atom is -0.478 e. The van der Waals surface area contributed by atoms with Crippen molar-refractivity contribution in [1.29, 1.82) is 0 Å². The Morgan fingerprint density at radius 2 is 1.86 bits per heavy atom. The van der Waals surface area contributed by atoms with Crippen LogP contribution in [0.25, 0.3) is 0 Å². The van der Waals surface area contributed by atoms with Gasteiger partial charge in [-0.05, 0) is 30.3 Å². The number of nitrogens with one attached hydrogen (secondary N) is 1. The van der Waals surface area contributed by atoms with Crippen molar-refractivity contribution in [2.75, 3.05) is 11.6 Å². The molecule has 1 heterocycles. The van der Waals surface area contributed by atoms with Gasteiger partial charge < -0.3 is 10.4 Å². The van der Waals surface area contributed by atoms with Crippen molar-refractivity contribution in [3.05, 3.63) is 47.9 Å². The van der Waals surface area contributed by atoms with Crippen molar-refractivity contribution in [1.82, 2.24) is 4.98 Å². The third-order valence-corrected chi connectivity index (χ3v) is 3.79. The fourth-order valence-electron chi connectivity index (χ4n) is 1.62. The van der Waals surface area contributed by atoms with Gasteiger partial charge in [-0.1, -0.05) is 0 Å². The average Bonchev–Trinajstić information content (AvgIpc) is 2.40. The van der Waals surface area contributed by atoms with E-state index in [4.69, 9.17) is 5.11 Å². The van der Waals surface area contributed by atoms with Crippen molar-refractivity contribution >= 4 is 27.3 Å². The van der Waals surface area contributed by atoms with Gasteiger partial charge in [-0.2, -0.15) is 0 Å². The number of carbonyl (C=O) groups is 1. The van der Waals surface area contributed by atoms with Crippen LogP contribution in [0.4, 0.5) is 15.9 Å². The standard InChI is InChI=1S/C13H11FN2O4S/c1-21(19,20)9-4-2-8(3-5-9)16-12-11(14)10(13(17)18)6-7-15-12/h2-7H,1H3,(H,15,16)(H,17,18). The van der Waals surface area contributed by atoms with E-state index in [9.17, 15) is 17.6 Å². The van der Waals surface area contributed by atoms with Crippen LogP contribution in [0.3, 0.4) is 0 Å². The zero-order valence-corrected chi connectivity index (χ0v) is 11.7. The van der Waals surface area contributed by atoms with Crippen molar-refractivity contribution < 1.29 is 22.7 Å². The second kappa shape index (κ2) is 5.49. The number of carboxylic acids is 1. The van der Waals surface area contributed by atoms with E-state index in [2.05, 4.69) is 10.3 Å². The van der Waals surface area contributed by atoms with Crippen LogP contribution in [0.5, 0.6) is 0 Å². The minimum absolute atomic E-state index is 0.126. The SMILES string of the molecule is CS(=O)(=O)c1ccc(Nc2nccc(C(=O)O)c2F)cc1. The van der Waals surface area contributed by atoms with Crippen molar-refractivity contribution in [2.24, 2.45) is 0 Å². The topological polar surface area (TPSA) is 96.4 Å². The van der Waals surface area contributed by atoms with Gasteiger partial charge in [0.1, 0.15) is 5.56 Å². The Bertz CT molecular complexity index is 788. The normalized spacial score (nSPS) is 11.1. The molecule has 2 rings (SSSR count). The lowest BCUT2D eigenvalue weighted by molar-refractivity contribution is 0.0692. The summed E-state index contributed by atoms with van der Waals surface area (Å²) >= 11 is 0. The van der Waals surface area contributed by atoms with Gasteiger partial charge in [0.05, 0.1) is 4.90 Å². The summed E-state index contributed by atoms with van der Waals surface area (Å²) in [6.07, 6.45) is 2.24. The Morgan fingerprint density at radius 3 is 2.38 bits per heavy atom. The first kappa shape index (κ1) is 14.9. The van der Waals surface area contributed by atoms with Gasteiger partial charge in [0.15, 0.2) is 21.5 Å². The van der Waals surface area contributed by atoms with Crippen LogP contribution >= 0.6 is 0 Å². The van der Waals surface area contributed by atoms with Crippen LogP contribution in [0.2, 0.25) is 0 Å². The molecule has 0 aliphatic carbocycles. The van der Waals surface area contributed by atoms with E-state index in [1.165, 1.54) is 30.5 Å². The number of aromatic carboxylic acids is 1. The monoisotopic (exact) mass is 310 g/mol. The van der Waals surface area contributed by atoms with Crippen molar-refractivity contribution in [3.63, 3.8) is 0 Å². The molecule has 0 saturated heterocycles. The number of rotatable bonds is 4.